The lowest BCUT2D eigenvalue weighted by Gasteiger charge is -2.33. The lowest BCUT2D eigenvalue weighted by Crippen LogP contribution is -2.42. The molecule has 2 N–H and O–H groups in total. The second kappa shape index (κ2) is 6.53. The summed E-state index contributed by atoms with van der Waals surface area (Å²) in [4.78, 5) is 13.2. The summed E-state index contributed by atoms with van der Waals surface area (Å²) in [5, 5.41) is 12.3. The van der Waals surface area contributed by atoms with E-state index in [1.54, 1.807) is 0 Å². The van der Waals surface area contributed by atoms with Crippen LogP contribution < -0.4 is 5.32 Å². The predicted molar refractivity (Wildman–Crippen MR) is 73.8 cm³/mol. The number of carboxylic acid groups (broad SMARTS) is 1. The zero-order chi connectivity index (χ0) is 13.8. The van der Waals surface area contributed by atoms with E-state index < -0.39 is 5.97 Å². The Morgan fingerprint density at radius 1 is 1.56 bits per heavy atom. The maximum Gasteiger partial charge on any atom is 0.303 e. The van der Waals surface area contributed by atoms with E-state index in [0.717, 1.165) is 32.5 Å². The number of nitrogens with zero attached hydrogens (tertiary/aromatic N) is 1. The number of nitrogens with one attached hydrogen (secondary N) is 1. The molecule has 0 aromatic carbocycles. The van der Waals surface area contributed by atoms with Gasteiger partial charge in [0, 0.05) is 38.1 Å². The summed E-state index contributed by atoms with van der Waals surface area (Å²) in [6.07, 6.45) is 2.12. The lowest BCUT2D eigenvalue weighted by atomic mass is 9.92. The van der Waals surface area contributed by atoms with Crippen LogP contribution in [0.2, 0.25) is 0 Å². The SMILES string of the molecule is CCC(C)N1CC(CCC(=O)O)NCC(C)(C)C1. The van der Waals surface area contributed by atoms with E-state index in [4.69, 9.17) is 5.11 Å². The molecule has 0 bridgehead atoms. The van der Waals surface area contributed by atoms with Crippen molar-refractivity contribution in [2.45, 2.75) is 59.0 Å². The van der Waals surface area contributed by atoms with Crippen LogP contribution in [0.1, 0.15) is 47.0 Å². The minimum Gasteiger partial charge on any atom is -0.481 e. The van der Waals surface area contributed by atoms with Crippen LogP contribution in [0.3, 0.4) is 0 Å². The molecule has 18 heavy (non-hydrogen) atoms. The van der Waals surface area contributed by atoms with Crippen molar-refractivity contribution in [3.63, 3.8) is 0 Å². The maximum atomic E-state index is 10.7. The van der Waals surface area contributed by atoms with Gasteiger partial charge in [0.1, 0.15) is 0 Å². The second-order valence-corrected chi connectivity index (χ2v) is 6.36. The van der Waals surface area contributed by atoms with Gasteiger partial charge >= 0.3 is 5.97 Å². The van der Waals surface area contributed by atoms with Gasteiger partial charge < -0.3 is 10.4 Å². The van der Waals surface area contributed by atoms with Crippen LogP contribution in [0.15, 0.2) is 0 Å². The normalized spacial score (nSPS) is 26.6. The Balaban J connectivity index is 2.63. The Kier molecular flexibility index (Phi) is 5.60. The van der Waals surface area contributed by atoms with E-state index in [-0.39, 0.29) is 11.8 Å². The number of rotatable bonds is 5. The molecular weight excluding hydrogens is 228 g/mol. The average Bonchev–Trinajstić information content (AvgIpc) is 2.44. The summed E-state index contributed by atoms with van der Waals surface area (Å²) in [5.74, 6) is -0.699. The van der Waals surface area contributed by atoms with Gasteiger partial charge in [-0.05, 0) is 25.2 Å². The van der Waals surface area contributed by atoms with E-state index in [1.165, 1.54) is 0 Å². The number of hydrogen-bond donors (Lipinski definition) is 2. The summed E-state index contributed by atoms with van der Waals surface area (Å²) in [7, 11) is 0. The van der Waals surface area contributed by atoms with Crippen molar-refractivity contribution in [3.8, 4) is 0 Å². The summed E-state index contributed by atoms with van der Waals surface area (Å²) in [6.45, 7) is 12.0. The Hall–Kier alpha value is -0.610. The second-order valence-electron chi connectivity index (χ2n) is 6.36. The third kappa shape index (κ3) is 4.94. The van der Waals surface area contributed by atoms with Crippen molar-refractivity contribution < 1.29 is 9.90 Å². The molecule has 1 saturated heterocycles. The van der Waals surface area contributed by atoms with Crippen molar-refractivity contribution in [1.29, 1.82) is 0 Å². The van der Waals surface area contributed by atoms with Crippen molar-refractivity contribution >= 4 is 5.97 Å². The Morgan fingerprint density at radius 3 is 2.78 bits per heavy atom. The molecule has 2 atom stereocenters. The molecule has 4 nitrogen and oxygen atoms in total. The smallest absolute Gasteiger partial charge is 0.303 e. The molecule has 0 aromatic heterocycles. The number of hydrogen-bond acceptors (Lipinski definition) is 3. The minimum atomic E-state index is -0.699. The van der Waals surface area contributed by atoms with E-state index in [2.05, 4.69) is 37.9 Å². The molecule has 0 saturated carbocycles. The van der Waals surface area contributed by atoms with Crippen molar-refractivity contribution in [1.82, 2.24) is 10.2 Å². The highest BCUT2D eigenvalue weighted by atomic mass is 16.4. The molecule has 1 aliphatic heterocycles. The van der Waals surface area contributed by atoms with Gasteiger partial charge in [0.2, 0.25) is 0 Å². The largest absolute Gasteiger partial charge is 0.481 e. The van der Waals surface area contributed by atoms with Gasteiger partial charge in [-0.1, -0.05) is 20.8 Å². The third-order valence-electron chi connectivity index (χ3n) is 3.88. The van der Waals surface area contributed by atoms with Crippen LogP contribution in [-0.2, 0) is 4.79 Å². The highest BCUT2D eigenvalue weighted by Crippen LogP contribution is 2.22. The Bertz CT molecular complexity index is 279. The van der Waals surface area contributed by atoms with Crippen LogP contribution in [0.4, 0.5) is 0 Å². The van der Waals surface area contributed by atoms with Crippen LogP contribution >= 0.6 is 0 Å². The molecule has 4 heteroatoms. The van der Waals surface area contributed by atoms with E-state index in [0.29, 0.717) is 12.1 Å². The fourth-order valence-corrected chi connectivity index (χ4v) is 2.52. The van der Waals surface area contributed by atoms with Crippen molar-refractivity contribution in [2.75, 3.05) is 19.6 Å². The highest BCUT2D eigenvalue weighted by Gasteiger charge is 2.30. The predicted octanol–water partition coefficient (Wildman–Crippen LogP) is 1.95. The van der Waals surface area contributed by atoms with Gasteiger partial charge in [-0.15, -0.1) is 0 Å². The first-order valence-electron chi connectivity index (χ1n) is 7.03. The summed E-state index contributed by atoms with van der Waals surface area (Å²) < 4.78 is 0. The number of carbonyl (C=O) groups is 1. The molecule has 0 radical (unpaired) electrons. The standard InChI is InChI=1S/C14H28N2O2/c1-5-11(2)16-8-12(6-7-13(17)18)15-9-14(3,4)10-16/h11-12,15H,5-10H2,1-4H3,(H,17,18). The van der Waals surface area contributed by atoms with Gasteiger partial charge in [-0.2, -0.15) is 0 Å². The van der Waals surface area contributed by atoms with Gasteiger partial charge in [0.05, 0.1) is 0 Å². The van der Waals surface area contributed by atoms with Crippen LogP contribution in [0.25, 0.3) is 0 Å². The monoisotopic (exact) mass is 256 g/mol. The average molecular weight is 256 g/mol. The van der Waals surface area contributed by atoms with Crippen molar-refractivity contribution in [2.24, 2.45) is 5.41 Å². The lowest BCUT2D eigenvalue weighted by molar-refractivity contribution is -0.137. The zero-order valence-electron chi connectivity index (χ0n) is 12.2. The molecular formula is C14H28N2O2. The summed E-state index contributed by atoms with van der Waals surface area (Å²) in [6, 6.07) is 0.869. The quantitative estimate of drug-likeness (QED) is 0.789. The molecule has 0 aromatic rings. The van der Waals surface area contributed by atoms with Crippen LogP contribution in [0, 0.1) is 5.41 Å². The molecule has 2 unspecified atom stereocenters. The molecule has 1 fully saturated rings. The molecule has 0 aliphatic carbocycles. The maximum absolute atomic E-state index is 10.7. The van der Waals surface area contributed by atoms with Gasteiger partial charge in [0.25, 0.3) is 0 Å². The first kappa shape index (κ1) is 15.4. The topological polar surface area (TPSA) is 52.6 Å². The molecule has 0 spiro atoms. The minimum absolute atomic E-state index is 0.251. The fourth-order valence-electron chi connectivity index (χ4n) is 2.52. The first-order valence-corrected chi connectivity index (χ1v) is 7.03. The Labute approximate surface area is 111 Å². The third-order valence-corrected chi connectivity index (χ3v) is 3.88. The van der Waals surface area contributed by atoms with Crippen LogP contribution in [-0.4, -0.2) is 47.7 Å². The zero-order valence-corrected chi connectivity index (χ0v) is 12.2. The number of carboxylic acids is 1. The van der Waals surface area contributed by atoms with Gasteiger partial charge in [-0.25, -0.2) is 0 Å². The molecule has 1 aliphatic rings. The van der Waals surface area contributed by atoms with Crippen molar-refractivity contribution in [3.05, 3.63) is 0 Å². The molecule has 1 heterocycles. The molecule has 106 valence electrons. The van der Waals surface area contributed by atoms with Crippen LogP contribution in [0.5, 0.6) is 0 Å². The van der Waals surface area contributed by atoms with E-state index >= 15 is 0 Å². The van der Waals surface area contributed by atoms with E-state index in [9.17, 15) is 4.79 Å². The summed E-state index contributed by atoms with van der Waals surface area (Å²) in [5.41, 5.74) is 0.251. The highest BCUT2D eigenvalue weighted by molar-refractivity contribution is 5.66. The number of aliphatic carboxylic acids is 1. The van der Waals surface area contributed by atoms with E-state index in [1.807, 2.05) is 0 Å². The first-order chi connectivity index (χ1) is 8.34. The van der Waals surface area contributed by atoms with Gasteiger partial charge in [0.15, 0.2) is 0 Å². The fraction of sp³-hybridized carbons (Fsp3) is 0.929. The molecule has 1 rings (SSSR count). The molecule has 0 amide bonds. The Morgan fingerprint density at radius 2 is 2.22 bits per heavy atom. The van der Waals surface area contributed by atoms with Gasteiger partial charge in [-0.3, -0.25) is 9.69 Å². The summed E-state index contributed by atoms with van der Waals surface area (Å²) >= 11 is 0.